The molecule has 7 atom stereocenters. The number of alkyl halides is 1. The standard InChI is InChI=1S/C19H27FO2/c1-18-8-7-12(21)9-11(18)3-4-13-14-5-6-16(22)19(14,2)10-15(20)17(13)18/h3,12-15,17,21H,4-10H2,1-2H3/t12?,13-,14-,15?,17-,18-,19-/m0/s1. The van der Waals surface area contributed by atoms with E-state index in [1.54, 1.807) is 0 Å². The second-order valence-corrected chi connectivity index (χ2v) is 8.67. The zero-order valence-corrected chi connectivity index (χ0v) is 13.6. The molecule has 4 aliphatic carbocycles. The van der Waals surface area contributed by atoms with Crippen LogP contribution in [0.4, 0.5) is 4.39 Å². The average molecular weight is 306 g/mol. The summed E-state index contributed by atoms with van der Waals surface area (Å²) >= 11 is 0. The van der Waals surface area contributed by atoms with Crippen LogP contribution in [0.2, 0.25) is 0 Å². The summed E-state index contributed by atoms with van der Waals surface area (Å²) in [6, 6.07) is 0. The smallest absolute Gasteiger partial charge is 0.139 e. The molecule has 0 aromatic heterocycles. The van der Waals surface area contributed by atoms with Gasteiger partial charge in [-0.3, -0.25) is 4.79 Å². The lowest BCUT2D eigenvalue weighted by molar-refractivity contribution is -0.138. The Morgan fingerprint density at radius 2 is 2.05 bits per heavy atom. The molecule has 0 aromatic rings. The van der Waals surface area contributed by atoms with Gasteiger partial charge >= 0.3 is 0 Å². The van der Waals surface area contributed by atoms with Crippen LogP contribution in [0.1, 0.15) is 58.8 Å². The van der Waals surface area contributed by atoms with Gasteiger partial charge in [0.05, 0.1) is 6.10 Å². The molecule has 0 heterocycles. The topological polar surface area (TPSA) is 37.3 Å². The van der Waals surface area contributed by atoms with E-state index in [1.165, 1.54) is 5.57 Å². The van der Waals surface area contributed by atoms with Crippen LogP contribution in [-0.2, 0) is 4.79 Å². The Balaban J connectivity index is 1.74. The lowest BCUT2D eigenvalue weighted by Gasteiger charge is -2.57. The van der Waals surface area contributed by atoms with Gasteiger partial charge in [0.1, 0.15) is 12.0 Å². The van der Waals surface area contributed by atoms with Crippen molar-refractivity contribution < 1.29 is 14.3 Å². The third kappa shape index (κ3) is 1.78. The van der Waals surface area contributed by atoms with E-state index in [4.69, 9.17) is 0 Å². The van der Waals surface area contributed by atoms with Gasteiger partial charge in [-0.25, -0.2) is 4.39 Å². The Labute approximate surface area is 132 Å². The number of halogens is 1. The van der Waals surface area contributed by atoms with Crippen molar-refractivity contribution in [2.24, 2.45) is 28.6 Å². The van der Waals surface area contributed by atoms with E-state index in [2.05, 4.69) is 13.0 Å². The van der Waals surface area contributed by atoms with Crippen LogP contribution >= 0.6 is 0 Å². The summed E-state index contributed by atoms with van der Waals surface area (Å²) < 4.78 is 15.2. The summed E-state index contributed by atoms with van der Waals surface area (Å²) in [6.07, 6.45) is 6.45. The van der Waals surface area contributed by atoms with E-state index < -0.39 is 11.6 Å². The molecule has 3 saturated carbocycles. The maximum absolute atomic E-state index is 15.2. The quantitative estimate of drug-likeness (QED) is 0.691. The Morgan fingerprint density at radius 1 is 1.27 bits per heavy atom. The second-order valence-electron chi connectivity index (χ2n) is 8.67. The van der Waals surface area contributed by atoms with Crippen molar-refractivity contribution in [2.45, 2.75) is 71.1 Å². The Hall–Kier alpha value is -0.700. The maximum Gasteiger partial charge on any atom is 0.139 e. The number of aliphatic hydroxyl groups is 1. The highest BCUT2D eigenvalue weighted by Crippen LogP contribution is 2.64. The first kappa shape index (κ1) is 14.9. The molecule has 0 aliphatic heterocycles. The summed E-state index contributed by atoms with van der Waals surface area (Å²) in [5.41, 5.74) is 0.758. The zero-order valence-electron chi connectivity index (χ0n) is 13.6. The van der Waals surface area contributed by atoms with Crippen molar-refractivity contribution in [1.82, 2.24) is 0 Å². The van der Waals surface area contributed by atoms with E-state index in [-0.39, 0.29) is 23.2 Å². The van der Waals surface area contributed by atoms with Crippen molar-refractivity contribution >= 4 is 5.78 Å². The van der Waals surface area contributed by atoms with E-state index >= 15 is 4.39 Å². The number of carbonyl (C=O) groups is 1. The van der Waals surface area contributed by atoms with Crippen LogP contribution in [0.5, 0.6) is 0 Å². The van der Waals surface area contributed by atoms with Gasteiger partial charge in [0.15, 0.2) is 0 Å². The molecule has 0 aromatic carbocycles. The van der Waals surface area contributed by atoms with Crippen molar-refractivity contribution in [2.75, 3.05) is 0 Å². The molecule has 3 fully saturated rings. The van der Waals surface area contributed by atoms with E-state index in [1.807, 2.05) is 6.92 Å². The number of ketones is 1. The number of fused-ring (bicyclic) bond motifs is 5. The van der Waals surface area contributed by atoms with Crippen molar-refractivity contribution in [3.05, 3.63) is 11.6 Å². The predicted molar refractivity (Wildman–Crippen MR) is 83.0 cm³/mol. The van der Waals surface area contributed by atoms with Gasteiger partial charge in [0.2, 0.25) is 0 Å². The molecule has 3 heteroatoms. The molecule has 22 heavy (non-hydrogen) atoms. The highest BCUT2D eigenvalue weighted by atomic mass is 19.1. The molecule has 0 bridgehead atoms. The summed E-state index contributed by atoms with van der Waals surface area (Å²) in [4.78, 5) is 12.3. The fraction of sp³-hybridized carbons (Fsp3) is 0.842. The molecule has 0 amide bonds. The number of rotatable bonds is 0. The summed E-state index contributed by atoms with van der Waals surface area (Å²) in [7, 11) is 0. The summed E-state index contributed by atoms with van der Waals surface area (Å²) in [5, 5.41) is 9.97. The first-order valence-electron chi connectivity index (χ1n) is 8.91. The molecule has 2 nitrogen and oxygen atoms in total. The van der Waals surface area contributed by atoms with E-state index in [9.17, 15) is 9.90 Å². The van der Waals surface area contributed by atoms with E-state index in [0.717, 1.165) is 25.7 Å². The van der Waals surface area contributed by atoms with Gasteiger partial charge in [-0.2, -0.15) is 0 Å². The second kappa shape index (κ2) is 4.66. The Morgan fingerprint density at radius 3 is 2.82 bits per heavy atom. The lowest BCUT2D eigenvalue weighted by atomic mass is 9.47. The molecule has 2 unspecified atom stereocenters. The molecule has 0 spiro atoms. The van der Waals surface area contributed by atoms with Crippen molar-refractivity contribution in [3.63, 3.8) is 0 Å². The zero-order chi connectivity index (χ0) is 15.7. The highest BCUT2D eigenvalue weighted by Gasteiger charge is 2.62. The highest BCUT2D eigenvalue weighted by molar-refractivity contribution is 5.87. The van der Waals surface area contributed by atoms with Gasteiger partial charge < -0.3 is 5.11 Å². The summed E-state index contributed by atoms with van der Waals surface area (Å²) in [6.45, 7) is 4.23. The predicted octanol–water partition coefficient (Wildman–Crippen LogP) is 3.83. The van der Waals surface area contributed by atoms with Gasteiger partial charge in [-0.15, -0.1) is 0 Å². The molecule has 4 aliphatic rings. The third-order valence-corrected chi connectivity index (χ3v) is 7.68. The fourth-order valence-electron chi connectivity index (χ4n) is 6.47. The van der Waals surface area contributed by atoms with Crippen LogP contribution in [0, 0.1) is 28.6 Å². The molecule has 1 N–H and O–H groups in total. The number of allylic oxidation sites excluding steroid dienone is 1. The maximum atomic E-state index is 15.2. The van der Waals surface area contributed by atoms with Crippen LogP contribution in [0.3, 0.4) is 0 Å². The van der Waals surface area contributed by atoms with Gasteiger partial charge in [-0.05, 0) is 55.8 Å². The van der Waals surface area contributed by atoms with E-state index in [0.29, 0.717) is 31.1 Å². The first-order chi connectivity index (χ1) is 10.4. The molecule has 0 radical (unpaired) electrons. The van der Waals surface area contributed by atoms with Crippen LogP contribution < -0.4 is 0 Å². The number of hydrogen-bond acceptors (Lipinski definition) is 2. The summed E-state index contributed by atoms with van der Waals surface area (Å²) in [5.74, 6) is 1.00. The molecular formula is C19H27FO2. The largest absolute Gasteiger partial charge is 0.393 e. The number of carbonyl (C=O) groups excluding carboxylic acids is 1. The number of hydrogen-bond donors (Lipinski definition) is 1. The minimum absolute atomic E-state index is 0.0453. The molecule has 4 rings (SSSR count). The monoisotopic (exact) mass is 306 g/mol. The van der Waals surface area contributed by atoms with Crippen LogP contribution in [0.15, 0.2) is 11.6 Å². The van der Waals surface area contributed by atoms with Gasteiger partial charge in [-0.1, -0.05) is 25.5 Å². The average Bonchev–Trinajstić information content (AvgIpc) is 2.75. The van der Waals surface area contributed by atoms with Crippen molar-refractivity contribution in [3.8, 4) is 0 Å². The normalized spacial score (nSPS) is 54.3. The molecule has 0 saturated heterocycles. The van der Waals surface area contributed by atoms with Crippen LogP contribution in [-0.4, -0.2) is 23.2 Å². The SMILES string of the molecule is C[C@]12CCC(O)CC1=CC[C@@H]1[C@H]2C(F)C[C@]2(C)C(=O)CC[C@@H]12. The van der Waals surface area contributed by atoms with Crippen molar-refractivity contribution in [1.29, 1.82) is 0 Å². The minimum atomic E-state index is -0.878. The van der Waals surface area contributed by atoms with Gasteiger partial charge in [0.25, 0.3) is 0 Å². The number of aliphatic hydroxyl groups excluding tert-OH is 1. The molecular weight excluding hydrogens is 279 g/mol. The Bertz CT molecular complexity index is 542. The van der Waals surface area contributed by atoms with Crippen LogP contribution in [0.25, 0.3) is 0 Å². The number of Topliss-reactive ketones (excluding diaryl/α,β-unsaturated/α-hetero) is 1. The fourth-order valence-corrected chi connectivity index (χ4v) is 6.47. The lowest BCUT2D eigenvalue weighted by Crippen LogP contribution is -2.55. The Kier molecular flexibility index (Phi) is 3.15. The third-order valence-electron chi connectivity index (χ3n) is 7.68. The minimum Gasteiger partial charge on any atom is -0.393 e. The van der Waals surface area contributed by atoms with Gasteiger partial charge in [0, 0.05) is 17.8 Å². The molecule has 122 valence electrons. The first-order valence-corrected chi connectivity index (χ1v) is 8.91.